The predicted molar refractivity (Wildman–Crippen MR) is 88.7 cm³/mol. The maximum absolute atomic E-state index is 11.8. The molecule has 9 heteroatoms. The maximum atomic E-state index is 11.8. The van der Waals surface area contributed by atoms with E-state index in [-0.39, 0.29) is 122 Å². The summed E-state index contributed by atoms with van der Waals surface area (Å²) in [4.78, 5) is 34.5. The minimum Gasteiger partial charge on any atom is -0.479 e. The molecule has 1 amide bonds. The fourth-order valence-corrected chi connectivity index (χ4v) is 1.97. The van der Waals surface area contributed by atoms with Crippen molar-refractivity contribution in [3.63, 3.8) is 0 Å². The summed E-state index contributed by atoms with van der Waals surface area (Å²) < 4.78 is 4.89. The summed E-state index contributed by atoms with van der Waals surface area (Å²) >= 11 is 0. The van der Waals surface area contributed by atoms with Gasteiger partial charge in [-0.1, -0.05) is 44.2 Å². The molecule has 7 nitrogen and oxygen atoms in total. The average Bonchev–Trinajstić information content (AvgIpc) is 2.44. The molecule has 0 atom stereocenters. The molecule has 122 valence electrons. The Hall–Kier alpha value is 0.703. The van der Waals surface area contributed by atoms with Gasteiger partial charge < -0.3 is 14.9 Å². The van der Waals surface area contributed by atoms with Crippen LogP contribution in [0.25, 0.3) is 0 Å². The Morgan fingerprint density at radius 2 is 1.58 bits per heavy atom. The van der Waals surface area contributed by atoms with E-state index in [1.54, 1.807) is 44.2 Å². The molecule has 24 heavy (non-hydrogen) atoms. The molecule has 3 N–H and O–H groups in total. The standard InChI is InChI=1S/C15H19NO6.2K/c1-10(2)8-15(12(17)18,13(19)20)16-14(21)22-9-11-6-4-3-5-7-11;;/h3-7,10H,8-9H2,1-2H3,(H,16,21)(H,17,18)(H,19,20);;. The van der Waals surface area contributed by atoms with E-state index in [0.717, 1.165) is 0 Å². The zero-order chi connectivity index (χ0) is 16.8. The number of alkyl carbamates (subject to hydrolysis) is 1. The minimum absolute atomic E-state index is 0. The zero-order valence-electron chi connectivity index (χ0n) is 14.4. The molecule has 0 aliphatic rings. The summed E-state index contributed by atoms with van der Waals surface area (Å²) in [7, 11) is 0. The summed E-state index contributed by atoms with van der Waals surface area (Å²) in [6.45, 7) is 3.25. The van der Waals surface area contributed by atoms with Crippen molar-refractivity contribution in [2.45, 2.75) is 32.4 Å². The van der Waals surface area contributed by atoms with Gasteiger partial charge in [-0.15, -0.1) is 0 Å². The fourth-order valence-electron chi connectivity index (χ4n) is 1.97. The van der Waals surface area contributed by atoms with Crippen molar-refractivity contribution in [2.75, 3.05) is 0 Å². The predicted octanol–water partition coefficient (Wildman–Crippen LogP) is 1.11. The van der Waals surface area contributed by atoms with Gasteiger partial charge in [-0.05, 0) is 17.9 Å². The monoisotopic (exact) mass is 387 g/mol. The molecule has 0 heterocycles. The Morgan fingerprint density at radius 3 is 2.00 bits per heavy atom. The Labute approximate surface area is 225 Å². The van der Waals surface area contributed by atoms with Crippen LogP contribution in [-0.4, -0.2) is 137 Å². The van der Waals surface area contributed by atoms with Crippen molar-refractivity contribution in [3.8, 4) is 0 Å². The van der Waals surface area contributed by atoms with Gasteiger partial charge in [0.15, 0.2) is 0 Å². The third-order valence-corrected chi connectivity index (χ3v) is 2.97. The van der Waals surface area contributed by atoms with Gasteiger partial charge in [0.1, 0.15) is 6.61 Å². The molecule has 0 fully saturated rings. The molecule has 0 aromatic heterocycles. The molecule has 1 rings (SSSR count). The van der Waals surface area contributed by atoms with Crippen LogP contribution in [0.5, 0.6) is 0 Å². The van der Waals surface area contributed by atoms with Gasteiger partial charge in [-0.2, -0.15) is 0 Å². The molecule has 0 aliphatic heterocycles. The number of ether oxygens (including phenoxy) is 1. The Bertz CT molecular complexity index is 536. The summed E-state index contributed by atoms with van der Waals surface area (Å²) in [5.41, 5.74) is -1.69. The smallest absolute Gasteiger partial charge is 0.408 e. The van der Waals surface area contributed by atoms with Crippen LogP contribution >= 0.6 is 0 Å². The van der Waals surface area contributed by atoms with Crippen LogP contribution in [0.4, 0.5) is 4.79 Å². The van der Waals surface area contributed by atoms with E-state index >= 15 is 0 Å². The molecule has 0 spiro atoms. The number of carboxylic acid groups (broad SMARTS) is 2. The van der Waals surface area contributed by atoms with Gasteiger partial charge >= 0.3 is 18.0 Å². The van der Waals surface area contributed by atoms with Crippen molar-refractivity contribution >= 4 is 121 Å². The largest absolute Gasteiger partial charge is 0.479 e. The number of rotatable bonds is 7. The van der Waals surface area contributed by atoms with Gasteiger partial charge in [0.05, 0.1) is 0 Å². The number of carbonyl (C=O) groups is 3. The first-order chi connectivity index (χ1) is 10.3. The van der Waals surface area contributed by atoms with Gasteiger partial charge in [0.2, 0.25) is 5.54 Å². The summed E-state index contributed by atoms with van der Waals surface area (Å²) in [6.07, 6.45) is -1.34. The number of hydrogen-bond donors (Lipinski definition) is 3. The number of aliphatic carboxylic acids is 2. The molecule has 1 aromatic carbocycles. The quantitative estimate of drug-likeness (QED) is 0.477. The summed E-state index contributed by atoms with van der Waals surface area (Å²) in [5.74, 6) is -3.52. The fraction of sp³-hybridized carbons (Fsp3) is 0.400. The molecule has 0 unspecified atom stereocenters. The Kier molecular flexibility index (Phi) is 14.5. The zero-order valence-corrected chi connectivity index (χ0v) is 20.7. The maximum Gasteiger partial charge on any atom is 0.408 e. The van der Waals surface area contributed by atoms with Crippen LogP contribution in [-0.2, 0) is 20.9 Å². The van der Waals surface area contributed by atoms with Gasteiger partial charge in [-0.25, -0.2) is 14.4 Å². The van der Waals surface area contributed by atoms with E-state index in [1.165, 1.54) is 0 Å². The van der Waals surface area contributed by atoms with Crippen LogP contribution in [0.2, 0.25) is 0 Å². The molecular weight excluding hydrogens is 368 g/mol. The van der Waals surface area contributed by atoms with Crippen molar-refractivity contribution in [3.05, 3.63) is 35.9 Å². The van der Waals surface area contributed by atoms with Gasteiger partial charge in [0, 0.05) is 103 Å². The van der Waals surface area contributed by atoms with Crippen molar-refractivity contribution in [2.24, 2.45) is 5.92 Å². The van der Waals surface area contributed by atoms with E-state index in [0.29, 0.717) is 5.56 Å². The summed E-state index contributed by atoms with van der Waals surface area (Å²) in [5, 5.41) is 20.4. The van der Waals surface area contributed by atoms with E-state index < -0.39 is 23.6 Å². The molecule has 0 saturated carbocycles. The van der Waals surface area contributed by atoms with Crippen molar-refractivity contribution < 1.29 is 29.3 Å². The van der Waals surface area contributed by atoms with Gasteiger partial charge in [0.25, 0.3) is 0 Å². The number of amides is 1. The van der Waals surface area contributed by atoms with Crippen LogP contribution in [0.15, 0.2) is 30.3 Å². The molecule has 0 aliphatic carbocycles. The van der Waals surface area contributed by atoms with E-state index in [1.807, 2.05) is 5.32 Å². The van der Waals surface area contributed by atoms with Crippen LogP contribution in [0.3, 0.4) is 0 Å². The third kappa shape index (κ3) is 8.39. The normalized spacial score (nSPS) is 10.1. The van der Waals surface area contributed by atoms with E-state index in [9.17, 15) is 24.6 Å². The number of benzene rings is 1. The van der Waals surface area contributed by atoms with Gasteiger partial charge in [-0.3, -0.25) is 5.32 Å². The minimum atomic E-state index is -2.40. The second kappa shape index (κ2) is 13.0. The number of hydrogen-bond acceptors (Lipinski definition) is 4. The molecule has 0 bridgehead atoms. The van der Waals surface area contributed by atoms with E-state index in [2.05, 4.69) is 0 Å². The SMILES string of the molecule is CC(C)CC(NC(=O)OCc1ccccc1)(C(=O)O)C(=O)O.[K].[K]. The van der Waals surface area contributed by atoms with Crippen LogP contribution in [0.1, 0.15) is 25.8 Å². The Morgan fingerprint density at radius 1 is 1.08 bits per heavy atom. The first-order valence-corrected chi connectivity index (χ1v) is 6.73. The molecule has 0 saturated heterocycles. The van der Waals surface area contributed by atoms with Crippen LogP contribution in [0, 0.1) is 5.92 Å². The van der Waals surface area contributed by atoms with Crippen molar-refractivity contribution in [1.29, 1.82) is 0 Å². The second-order valence-corrected chi connectivity index (χ2v) is 5.30. The number of nitrogens with one attached hydrogen (secondary N) is 1. The molecule has 2 radical (unpaired) electrons. The third-order valence-electron chi connectivity index (χ3n) is 2.97. The number of carboxylic acids is 2. The average molecular weight is 388 g/mol. The van der Waals surface area contributed by atoms with Crippen molar-refractivity contribution in [1.82, 2.24) is 5.32 Å². The second-order valence-electron chi connectivity index (χ2n) is 5.30. The first-order valence-electron chi connectivity index (χ1n) is 6.73. The Balaban J connectivity index is 0. The molecular formula is C15H19K2NO6. The van der Waals surface area contributed by atoms with E-state index in [4.69, 9.17) is 4.74 Å². The molecule has 1 aromatic rings. The first kappa shape index (κ1) is 26.9. The summed E-state index contributed by atoms with van der Waals surface area (Å²) in [6, 6.07) is 8.76. The number of carbonyl (C=O) groups excluding carboxylic acids is 1. The topological polar surface area (TPSA) is 113 Å². The van der Waals surface area contributed by atoms with Crippen LogP contribution < -0.4 is 5.32 Å².